The van der Waals surface area contributed by atoms with Crippen LogP contribution in [0.15, 0.2) is 63.7 Å². The Balaban J connectivity index is 1.47. The summed E-state index contributed by atoms with van der Waals surface area (Å²) in [6.45, 7) is 1.85. The fourth-order valence-electron chi connectivity index (χ4n) is 5.76. The number of phenolic OH excluding ortho intramolecular Hbond substituents is 1. The molecule has 0 spiro atoms. The van der Waals surface area contributed by atoms with Crippen LogP contribution in [0.5, 0.6) is 11.5 Å². The van der Waals surface area contributed by atoms with Gasteiger partial charge in [0.05, 0.1) is 28.4 Å². The van der Waals surface area contributed by atoms with Gasteiger partial charge >= 0.3 is 5.97 Å². The van der Waals surface area contributed by atoms with Gasteiger partial charge in [-0.1, -0.05) is 42.1 Å². The second-order valence-corrected chi connectivity index (χ2v) is 12.8. The molecule has 2 aromatic heterocycles. The van der Waals surface area contributed by atoms with Crippen molar-refractivity contribution >= 4 is 58.1 Å². The number of aromatic hydroxyl groups is 1. The third-order valence-electron chi connectivity index (χ3n) is 7.92. The van der Waals surface area contributed by atoms with Gasteiger partial charge in [0, 0.05) is 31.2 Å². The highest BCUT2D eigenvalue weighted by Crippen LogP contribution is 2.42. The monoisotopic (exact) mass is 676 g/mol. The van der Waals surface area contributed by atoms with Crippen molar-refractivity contribution in [2.45, 2.75) is 36.3 Å². The summed E-state index contributed by atoms with van der Waals surface area (Å²) in [5.41, 5.74) is 11.5. The molecule has 6 rings (SSSR count). The van der Waals surface area contributed by atoms with Crippen molar-refractivity contribution < 1.29 is 29.0 Å². The number of aromatic nitrogens is 5. The quantitative estimate of drug-likeness (QED) is 0.0935. The Morgan fingerprint density at radius 2 is 1.91 bits per heavy atom. The van der Waals surface area contributed by atoms with Crippen LogP contribution >= 0.6 is 23.5 Å². The molecule has 15 nitrogen and oxygen atoms in total. The molecule has 3 amide bonds. The molecule has 0 aliphatic carbocycles. The number of benzene rings is 2. The first-order valence-corrected chi connectivity index (χ1v) is 16.4. The van der Waals surface area contributed by atoms with Gasteiger partial charge < -0.3 is 25.9 Å². The van der Waals surface area contributed by atoms with Crippen LogP contribution in [0.25, 0.3) is 10.9 Å². The van der Waals surface area contributed by atoms with E-state index in [4.69, 9.17) is 16.2 Å². The number of ether oxygens (including phenoxy) is 1. The van der Waals surface area contributed by atoms with E-state index in [1.54, 1.807) is 44.3 Å². The number of aryl methyl sites for hydroxylation is 2. The van der Waals surface area contributed by atoms with Crippen molar-refractivity contribution in [2.24, 2.45) is 18.5 Å². The second kappa shape index (κ2) is 12.6. The van der Waals surface area contributed by atoms with E-state index in [1.807, 2.05) is 0 Å². The van der Waals surface area contributed by atoms with Crippen molar-refractivity contribution in [2.75, 3.05) is 11.5 Å². The Labute approximate surface area is 274 Å². The molecule has 0 radical (unpaired) electrons. The average molecular weight is 677 g/mol. The van der Waals surface area contributed by atoms with Gasteiger partial charge in [0.1, 0.15) is 17.2 Å². The summed E-state index contributed by atoms with van der Waals surface area (Å²) in [4.78, 5) is 67.2. The molecule has 0 saturated carbocycles. The molecule has 2 aromatic carbocycles. The highest BCUT2D eigenvalue weighted by molar-refractivity contribution is 8.00. The van der Waals surface area contributed by atoms with Crippen molar-refractivity contribution in [1.82, 2.24) is 29.7 Å². The summed E-state index contributed by atoms with van der Waals surface area (Å²) in [7, 11) is 1.68. The summed E-state index contributed by atoms with van der Waals surface area (Å²) >= 11 is 2.80. The molecule has 1 saturated heterocycles. The Kier molecular flexibility index (Phi) is 8.50. The maximum Gasteiger partial charge on any atom is 0.360 e. The van der Waals surface area contributed by atoms with Gasteiger partial charge in [0.25, 0.3) is 5.91 Å². The number of nitrogens with two attached hydrogens (primary N) is 2. The molecule has 4 heterocycles. The predicted molar refractivity (Wildman–Crippen MR) is 171 cm³/mol. The van der Waals surface area contributed by atoms with Gasteiger partial charge in [0.2, 0.25) is 22.4 Å². The lowest BCUT2D eigenvalue weighted by Gasteiger charge is -2.44. The van der Waals surface area contributed by atoms with E-state index in [0.717, 1.165) is 6.07 Å². The van der Waals surface area contributed by atoms with Crippen LogP contribution in [0.1, 0.15) is 40.9 Å². The van der Waals surface area contributed by atoms with Gasteiger partial charge in [0.15, 0.2) is 11.5 Å². The SMILES string of the molecule is CCn1c(C(C(N)=O)c2ccccc2)c(C(N)=O)c(=O)c2cc(O)c(OC(=O)C3=C(CSc4nnnn4C)CS[C@H]4CC(=O)N34)cc21. The number of esters is 1. The lowest BCUT2D eigenvalue weighted by molar-refractivity contribution is -0.145. The van der Waals surface area contributed by atoms with E-state index in [2.05, 4.69) is 15.5 Å². The number of nitrogens with zero attached hydrogens (tertiary/aromatic N) is 6. The fourth-order valence-corrected chi connectivity index (χ4v) is 8.02. The highest BCUT2D eigenvalue weighted by atomic mass is 32.2. The van der Waals surface area contributed by atoms with Gasteiger partial charge in [-0.2, -0.15) is 0 Å². The van der Waals surface area contributed by atoms with E-state index in [0.29, 0.717) is 22.0 Å². The molecule has 1 unspecified atom stereocenters. The van der Waals surface area contributed by atoms with E-state index >= 15 is 0 Å². The standard InChI is InChI=1S/C30H28N8O7S2/c1-3-37-17-10-19(45-29(44)24-15(12-46-21-11-20(40)38(21)24)13-47-30-33-34-35-36(30)2)18(39)9-16(17)26(41)23(28(32)43)25(37)22(27(31)42)14-7-5-4-6-8-14/h4-10,21-22,39H,3,11-13H2,1-2H3,(H2,31,42)(H2,32,43)/t21-,22?/m0/s1. The molecule has 2 aliphatic rings. The van der Waals surface area contributed by atoms with E-state index in [9.17, 15) is 29.1 Å². The van der Waals surface area contributed by atoms with Crippen molar-refractivity contribution in [3.63, 3.8) is 0 Å². The van der Waals surface area contributed by atoms with Gasteiger partial charge in [-0.05, 0) is 34.6 Å². The number of pyridine rings is 1. The average Bonchev–Trinajstić information content (AvgIpc) is 3.45. The minimum Gasteiger partial charge on any atom is -0.504 e. The molecule has 4 aromatic rings. The molecule has 17 heteroatoms. The Bertz CT molecular complexity index is 2060. The number of primary amides is 2. The number of hydrogen-bond acceptors (Lipinski definition) is 12. The number of carbonyl (C=O) groups is 4. The van der Waals surface area contributed by atoms with Crippen LogP contribution in [0.3, 0.4) is 0 Å². The maximum atomic E-state index is 13.8. The molecule has 47 heavy (non-hydrogen) atoms. The lowest BCUT2D eigenvalue weighted by atomic mass is 9.89. The number of fused-ring (bicyclic) bond motifs is 2. The molecule has 2 atom stereocenters. The number of hydrogen-bond donors (Lipinski definition) is 3. The first kappa shape index (κ1) is 31.8. The topological polar surface area (TPSA) is 219 Å². The first-order chi connectivity index (χ1) is 22.5. The van der Waals surface area contributed by atoms with Crippen LogP contribution in [0, 0.1) is 0 Å². The number of amides is 3. The van der Waals surface area contributed by atoms with Crippen LogP contribution in [0.4, 0.5) is 0 Å². The molecule has 1 fully saturated rings. The second-order valence-electron chi connectivity index (χ2n) is 10.7. The van der Waals surface area contributed by atoms with E-state index in [-0.39, 0.29) is 58.0 Å². The third-order valence-corrected chi connectivity index (χ3v) is 10.3. The van der Waals surface area contributed by atoms with E-state index < -0.39 is 40.4 Å². The van der Waals surface area contributed by atoms with Crippen molar-refractivity contribution in [1.29, 1.82) is 0 Å². The zero-order chi connectivity index (χ0) is 33.6. The smallest absolute Gasteiger partial charge is 0.360 e. The molecule has 5 N–H and O–H groups in total. The Hall–Kier alpha value is -5.16. The normalized spacial score (nSPS) is 16.5. The van der Waals surface area contributed by atoms with Crippen molar-refractivity contribution in [3.8, 4) is 11.5 Å². The summed E-state index contributed by atoms with van der Waals surface area (Å²) in [6, 6.07) is 10.7. The highest BCUT2D eigenvalue weighted by Gasteiger charge is 2.46. The first-order valence-electron chi connectivity index (χ1n) is 14.3. The van der Waals surface area contributed by atoms with Gasteiger partial charge in [-0.15, -0.1) is 16.9 Å². The van der Waals surface area contributed by atoms with Gasteiger partial charge in [-0.25, -0.2) is 9.48 Å². The molecule has 242 valence electrons. The molecular formula is C30H28N8O7S2. The largest absolute Gasteiger partial charge is 0.504 e. The number of tetrazole rings is 1. The van der Waals surface area contributed by atoms with Crippen molar-refractivity contribution in [3.05, 3.63) is 80.8 Å². The zero-order valence-corrected chi connectivity index (χ0v) is 26.7. The van der Waals surface area contributed by atoms with E-state index in [1.165, 1.54) is 43.7 Å². The number of β-lactam (4-membered cyclic amide) rings is 1. The van der Waals surface area contributed by atoms with Crippen LogP contribution in [-0.4, -0.2) is 75.4 Å². The minimum atomic E-state index is -1.24. The number of phenols is 1. The minimum absolute atomic E-state index is 0.0298. The number of carbonyl (C=O) groups excluding carboxylic acids is 4. The zero-order valence-electron chi connectivity index (χ0n) is 25.1. The molecule has 2 aliphatic heterocycles. The lowest BCUT2D eigenvalue weighted by Crippen LogP contribution is -2.54. The Morgan fingerprint density at radius 1 is 1.17 bits per heavy atom. The summed E-state index contributed by atoms with van der Waals surface area (Å²) < 4.78 is 8.73. The fraction of sp³-hybridized carbons (Fsp3) is 0.267. The van der Waals surface area contributed by atoms with Gasteiger partial charge in [-0.3, -0.25) is 24.1 Å². The number of thioether (sulfide) groups is 2. The van der Waals surface area contributed by atoms with Crippen LogP contribution < -0.4 is 21.6 Å². The van der Waals surface area contributed by atoms with Crippen LogP contribution in [-0.2, 0) is 28.0 Å². The molecular weight excluding hydrogens is 649 g/mol. The Morgan fingerprint density at radius 3 is 2.53 bits per heavy atom. The summed E-state index contributed by atoms with van der Waals surface area (Å²) in [5.74, 6) is -4.42. The van der Waals surface area contributed by atoms with Crippen LogP contribution in [0.2, 0.25) is 0 Å². The number of rotatable bonds is 10. The summed E-state index contributed by atoms with van der Waals surface area (Å²) in [5, 5.41) is 22.5. The predicted octanol–water partition coefficient (Wildman–Crippen LogP) is 1.22. The molecule has 0 bridgehead atoms. The maximum absolute atomic E-state index is 13.8. The third kappa shape index (κ3) is 5.61. The summed E-state index contributed by atoms with van der Waals surface area (Å²) in [6.07, 6.45) is 0.270.